The molecule has 4 nitrogen and oxygen atoms in total. The highest BCUT2D eigenvalue weighted by Gasteiger charge is 2.30. The third kappa shape index (κ3) is 3.11. The second kappa shape index (κ2) is 6.55. The molecule has 0 radical (unpaired) electrons. The molecular weight excluding hydrogens is 330 g/mol. The van der Waals surface area contributed by atoms with Crippen LogP contribution >= 0.6 is 11.8 Å². The molecule has 0 saturated carbocycles. The van der Waals surface area contributed by atoms with Crippen molar-refractivity contribution in [3.05, 3.63) is 54.1 Å². The van der Waals surface area contributed by atoms with Gasteiger partial charge in [0.1, 0.15) is 0 Å². The van der Waals surface area contributed by atoms with Crippen molar-refractivity contribution in [1.29, 1.82) is 0 Å². The van der Waals surface area contributed by atoms with Crippen molar-refractivity contribution in [2.24, 2.45) is 0 Å². The maximum Gasteiger partial charge on any atom is 0.264 e. The first-order valence-corrected chi connectivity index (χ1v) is 10.1. The zero-order valence-corrected chi connectivity index (χ0v) is 14.5. The van der Waals surface area contributed by atoms with Crippen LogP contribution in [-0.4, -0.2) is 26.3 Å². The first-order valence-electron chi connectivity index (χ1n) is 7.48. The van der Waals surface area contributed by atoms with Crippen LogP contribution in [0.4, 0.5) is 5.69 Å². The normalized spacial score (nSPS) is 18.3. The SMILES string of the molecule is CSc1ccc(S(=O)(=O)N2CCC[C@@H](O)c3ccccc32)cc1. The summed E-state index contributed by atoms with van der Waals surface area (Å²) >= 11 is 1.57. The molecule has 0 fully saturated rings. The fourth-order valence-corrected chi connectivity index (χ4v) is 4.76. The average Bonchev–Trinajstić information content (AvgIpc) is 2.75. The van der Waals surface area contributed by atoms with Crippen molar-refractivity contribution in [2.45, 2.75) is 28.7 Å². The molecule has 1 aliphatic rings. The van der Waals surface area contributed by atoms with Gasteiger partial charge in [-0.1, -0.05) is 18.2 Å². The van der Waals surface area contributed by atoms with Gasteiger partial charge in [-0.3, -0.25) is 4.31 Å². The molecule has 0 bridgehead atoms. The highest BCUT2D eigenvalue weighted by Crippen LogP contribution is 2.36. The summed E-state index contributed by atoms with van der Waals surface area (Å²) in [5.74, 6) is 0. The minimum absolute atomic E-state index is 0.279. The zero-order valence-electron chi connectivity index (χ0n) is 12.8. The van der Waals surface area contributed by atoms with Crippen molar-refractivity contribution in [2.75, 3.05) is 17.1 Å². The lowest BCUT2D eigenvalue weighted by atomic mass is 10.1. The summed E-state index contributed by atoms with van der Waals surface area (Å²) in [7, 11) is -3.63. The topological polar surface area (TPSA) is 57.6 Å². The minimum Gasteiger partial charge on any atom is -0.388 e. The highest BCUT2D eigenvalue weighted by molar-refractivity contribution is 7.98. The van der Waals surface area contributed by atoms with Crippen molar-refractivity contribution in [3.63, 3.8) is 0 Å². The summed E-state index contributed by atoms with van der Waals surface area (Å²) in [6, 6.07) is 14.1. The second-order valence-electron chi connectivity index (χ2n) is 5.47. The zero-order chi connectivity index (χ0) is 16.4. The van der Waals surface area contributed by atoms with E-state index in [4.69, 9.17) is 0 Å². The predicted molar refractivity (Wildman–Crippen MR) is 93.4 cm³/mol. The Morgan fingerprint density at radius 2 is 1.83 bits per heavy atom. The first kappa shape index (κ1) is 16.4. The summed E-state index contributed by atoms with van der Waals surface area (Å²) in [6.45, 7) is 0.376. The maximum absolute atomic E-state index is 13.0. The third-order valence-electron chi connectivity index (χ3n) is 4.05. The number of thioether (sulfide) groups is 1. The van der Waals surface area contributed by atoms with Gasteiger partial charge >= 0.3 is 0 Å². The summed E-state index contributed by atoms with van der Waals surface area (Å²) in [4.78, 5) is 1.30. The third-order valence-corrected chi connectivity index (χ3v) is 6.62. The molecule has 0 spiro atoms. The van der Waals surface area contributed by atoms with E-state index in [9.17, 15) is 13.5 Å². The fraction of sp³-hybridized carbons (Fsp3) is 0.294. The van der Waals surface area contributed by atoms with Gasteiger partial charge in [-0.2, -0.15) is 0 Å². The number of rotatable bonds is 3. The molecule has 1 N–H and O–H groups in total. The number of para-hydroxylation sites is 1. The van der Waals surface area contributed by atoms with Gasteiger partial charge < -0.3 is 5.11 Å². The Balaban J connectivity index is 2.06. The number of benzene rings is 2. The molecule has 1 atom stereocenters. The fourth-order valence-electron chi connectivity index (χ4n) is 2.83. The van der Waals surface area contributed by atoms with Crippen LogP contribution in [0.2, 0.25) is 0 Å². The van der Waals surface area contributed by atoms with Gasteiger partial charge in [0.2, 0.25) is 0 Å². The van der Waals surface area contributed by atoms with E-state index in [1.807, 2.05) is 24.5 Å². The summed E-state index contributed by atoms with van der Waals surface area (Å²) in [5.41, 5.74) is 1.25. The van der Waals surface area contributed by atoms with E-state index in [2.05, 4.69) is 0 Å². The van der Waals surface area contributed by atoms with Crippen LogP contribution in [0.3, 0.4) is 0 Å². The number of hydrogen-bond acceptors (Lipinski definition) is 4. The minimum atomic E-state index is -3.63. The summed E-state index contributed by atoms with van der Waals surface area (Å²) < 4.78 is 27.5. The van der Waals surface area contributed by atoms with Crippen LogP contribution in [0.1, 0.15) is 24.5 Å². The van der Waals surface area contributed by atoms with E-state index >= 15 is 0 Å². The lowest BCUT2D eigenvalue weighted by Gasteiger charge is -2.25. The molecule has 0 aromatic heterocycles. The Morgan fingerprint density at radius 3 is 2.52 bits per heavy atom. The van der Waals surface area contributed by atoms with E-state index in [0.717, 1.165) is 4.90 Å². The van der Waals surface area contributed by atoms with Crippen LogP contribution in [-0.2, 0) is 10.0 Å². The van der Waals surface area contributed by atoms with Gasteiger partial charge in [0, 0.05) is 17.0 Å². The van der Waals surface area contributed by atoms with Gasteiger partial charge in [-0.25, -0.2) is 8.42 Å². The van der Waals surface area contributed by atoms with Crippen molar-refractivity contribution in [3.8, 4) is 0 Å². The number of aliphatic hydroxyl groups excluding tert-OH is 1. The molecule has 0 aliphatic carbocycles. The van der Waals surface area contributed by atoms with Gasteiger partial charge in [-0.05, 0) is 49.4 Å². The number of fused-ring (bicyclic) bond motifs is 1. The highest BCUT2D eigenvalue weighted by atomic mass is 32.2. The molecule has 1 aliphatic heterocycles. The molecule has 6 heteroatoms. The Labute approximate surface area is 141 Å². The van der Waals surface area contributed by atoms with Gasteiger partial charge in [0.05, 0.1) is 16.7 Å². The molecule has 0 amide bonds. The van der Waals surface area contributed by atoms with E-state index in [1.165, 1.54) is 4.31 Å². The van der Waals surface area contributed by atoms with Crippen LogP contribution < -0.4 is 4.31 Å². The molecule has 3 rings (SSSR count). The number of hydrogen-bond donors (Lipinski definition) is 1. The number of nitrogens with zero attached hydrogens (tertiary/aromatic N) is 1. The quantitative estimate of drug-likeness (QED) is 0.863. The second-order valence-corrected chi connectivity index (χ2v) is 8.21. The number of aliphatic hydroxyl groups is 1. The van der Waals surface area contributed by atoms with Crippen LogP contribution in [0.5, 0.6) is 0 Å². The predicted octanol–water partition coefficient (Wildman–Crippen LogP) is 3.43. The molecule has 2 aromatic carbocycles. The Morgan fingerprint density at radius 1 is 1.13 bits per heavy atom. The van der Waals surface area contributed by atoms with Crippen molar-refractivity contribution < 1.29 is 13.5 Å². The Bertz CT molecular complexity index is 788. The van der Waals surface area contributed by atoms with Crippen molar-refractivity contribution >= 4 is 27.5 Å². The summed E-state index contributed by atoms with van der Waals surface area (Å²) in [5, 5.41) is 10.2. The average molecular weight is 349 g/mol. The number of sulfonamides is 1. The summed E-state index contributed by atoms with van der Waals surface area (Å²) in [6.07, 6.45) is 2.52. The van der Waals surface area contributed by atoms with Gasteiger partial charge in [-0.15, -0.1) is 11.8 Å². The Kier molecular flexibility index (Phi) is 4.66. The largest absolute Gasteiger partial charge is 0.388 e. The van der Waals surface area contributed by atoms with E-state index in [0.29, 0.717) is 30.6 Å². The van der Waals surface area contributed by atoms with Crippen LogP contribution in [0.15, 0.2) is 58.3 Å². The maximum atomic E-state index is 13.0. The standard InChI is InChI=1S/C17H19NO3S2/c1-22-13-8-10-14(11-9-13)23(20,21)18-12-4-7-17(19)15-5-2-3-6-16(15)18/h2-3,5-6,8-11,17,19H,4,7,12H2,1H3/t17-/m1/s1. The molecule has 1 heterocycles. The van der Waals surface area contributed by atoms with Crippen LogP contribution in [0, 0.1) is 0 Å². The number of anilines is 1. The molecule has 122 valence electrons. The lowest BCUT2D eigenvalue weighted by molar-refractivity contribution is 0.168. The van der Waals surface area contributed by atoms with Crippen LogP contribution in [0.25, 0.3) is 0 Å². The molecular formula is C17H19NO3S2. The molecule has 0 saturated heterocycles. The lowest BCUT2D eigenvalue weighted by Crippen LogP contribution is -2.31. The van der Waals surface area contributed by atoms with Crippen molar-refractivity contribution in [1.82, 2.24) is 0 Å². The monoisotopic (exact) mass is 349 g/mol. The molecule has 2 aromatic rings. The molecule has 0 unspecified atom stereocenters. The van der Waals surface area contributed by atoms with Gasteiger partial charge in [0.25, 0.3) is 10.0 Å². The molecule has 23 heavy (non-hydrogen) atoms. The van der Waals surface area contributed by atoms with E-state index in [-0.39, 0.29) is 4.90 Å². The van der Waals surface area contributed by atoms with Gasteiger partial charge in [0.15, 0.2) is 0 Å². The first-order chi connectivity index (χ1) is 11.0. The Hall–Kier alpha value is -1.50. The van der Waals surface area contributed by atoms with E-state index < -0.39 is 16.1 Å². The smallest absolute Gasteiger partial charge is 0.264 e. The van der Waals surface area contributed by atoms with E-state index in [1.54, 1.807) is 42.1 Å².